The first-order valence-electron chi connectivity index (χ1n) is 6.39. The molecule has 20 heavy (non-hydrogen) atoms. The van der Waals surface area contributed by atoms with Gasteiger partial charge in [-0.05, 0) is 54.8 Å². The first-order valence-corrected chi connectivity index (χ1v) is 7.19. The molecule has 0 saturated carbocycles. The Kier molecular flexibility index (Phi) is 4.16. The third kappa shape index (κ3) is 2.86. The van der Waals surface area contributed by atoms with Crippen LogP contribution in [0, 0.1) is 11.6 Å². The van der Waals surface area contributed by atoms with E-state index in [1.807, 2.05) is 0 Å². The van der Waals surface area contributed by atoms with Crippen molar-refractivity contribution in [1.29, 1.82) is 0 Å². The van der Waals surface area contributed by atoms with E-state index in [2.05, 4.69) is 15.9 Å². The SMILES string of the molecule is CC(C)(O)C1CCCN1C(=O)c1cc(F)c(F)cc1Br. The topological polar surface area (TPSA) is 40.5 Å². The van der Waals surface area contributed by atoms with E-state index < -0.39 is 23.1 Å². The van der Waals surface area contributed by atoms with Crippen LogP contribution in [0.25, 0.3) is 0 Å². The molecule has 1 heterocycles. The second kappa shape index (κ2) is 5.41. The fraction of sp³-hybridized carbons (Fsp3) is 0.500. The number of rotatable bonds is 2. The summed E-state index contributed by atoms with van der Waals surface area (Å²) in [4.78, 5) is 14.0. The van der Waals surface area contributed by atoms with Crippen LogP contribution < -0.4 is 0 Å². The van der Waals surface area contributed by atoms with Crippen LogP contribution in [0.2, 0.25) is 0 Å². The number of hydrogen-bond donors (Lipinski definition) is 1. The fourth-order valence-corrected chi connectivity index (χ4v) is 3.07. The van der Waals surface area contributed by atoms with Gasteiger partial charge in [-0.2, -0.15) is 0 Å². The van der Waals surface area contributed by atoms with E-state index in [1.165, 1.54) is 4.90 Å². The molecular weight excluding hydrogens is 332 g/mol. The number of aliphatic hydroxyl groups is 1. The highest BCUT2D eigenvalue weighted by Crippen LogP contribution is 2.30. The molecule has 1 aliphatic rings. The Balaban J connectivity index is 2.34. The lowest BCUT2D eigenvalue weighted by atomic mass is 9.96. The van der Waals surface area contributed by atoms with Crippen LogP contribution in [-0.4, -0.2) is 34.1 Å². The number of hydrogen-bond acceptors (Lipinski definition) is 2. The lowest BCUT2D eigenvalue weighted by Crippen LogP contribution is -2.48. The zero-order chi connectivity index (χ0) is 15.1. The van der Waals surface area contributed by atoms with Crippen molar-refractivity contribution >= 4 is 21.8 Å². The molecule has 0 aromatic heterocycles. The summed E-state index contributed by atoms with van der Waals surface area (Å²) in [7, 11) is 0. The smallest absolute Gasteiger partial charge is 0.255 e. The number of nitrogens with zero attached hydrogens (tertiary/aromatic N) is 1. The number of carbonyl (C=O) groups excluding carboxylic acids is 1. The quantitative estimate of drug-likeness (QED) is 0.835. The molecule has 0 aliphatic carbocycles. The Labute approximate surface area is 124 Å². The molecule has 2 rings (SSSR count). The molecule has 0 bridgehead atoms. The van der Waals surface area contributed by atoms with Gasteiger partial charge >= 0.3 is 0 Å². The zero-order valence-electron chi connectivity index (χ0n) is 11.3. The van der Waals surface area contributed by atoms with Crippen LogP contribution in [-0.2, 0) is 0 Å². The van der Waals surface area contributed by atoms with Crippen molar-refractivity contribution in [3.05, 3.63) is 33.8 Å². The van der Waals surface area contributed by atoms with Crippen molar-refractivity contribution in [2.45, 2.75) is 38.3 Å². The maximum absolute atomic E-state index is 13.3. The first kappa shape index (κ1) is 15.4. The van der Waals surface area contributed by atoms with E-state index in [1.54, 1.807) is 13.8 Å². The van der Waals surface area contributed by atoms with Crippen molar-refractivity contribution in [2.75, 3.05) is 6.54 Å². The predicted molar refractivity (Wildman–Crippen MR) is 74.4 cm³/mol. The van der Waals surface area contributed by atoms with Gasteiger partial charge in [0.2, 0.25) is 0 Å². The highest BCUT2D eigenvalue weighted by molar-refractivity contribution is 9.10. The van der Waals surface area contributed by atoms with Gasteiger partial charge in [0, 0.05) is 11.0 Å². The summed E-state index contributed by atoms with van der Waals surface area (Å²) in [5.74, 6) is -2.47. The van der Waals surface area contributed by atoms with Gasteiger partial charge in [-0.25, -0.2) is 8.78 Å². The molecule has 110 valence electrons. The molecule has 6 heteroatoms. The molecule has 1 aromatic rings. The van der Waals surface area contributed by atoms with Crippen molar-refractivity contribution < 1.29 is 18.7 Å². The number of amides is 1. The molecule has 1 unspecified atom stereocenters. The van der Waals surface area contributed by atoms with Gasteiger partial charge in [0.05, 0.1) is 17.2 Å². The van der Waals surface area contributed by atoms with Crippen molar-refractivity contribution in [2.24, 2.45) is 0 Å². The van der Waals surface area contributed by atoms with E-state index >= 15 is 0 Å². The van der Waals surface area contributed by atoms with Crippen LogP contribution in [0.5, 0.6) is 0 Å². The third-order valence-corrected chi connectivity index (χ3v) is 4.23. The standard InChI is InChI=1S/C14H16BrF2NO2/c1-14(2,20)12-4-3-5-18(12)13(19)8-6-10(16)11(17)7-9(8)15/h6-7,12,20H,3-5H2,1-2H3. The Morgan fingerprint density at radius 2 is 2.00 bits per heavy atom. The summed E-state index contributed by atoms with van der Waals surface area (Å²) in [6, 6.07) is 1.51. The number of benzene rings is 1. The van der Waals surface area contributed by atoms with Gasteiger partial charge in [0.25, 0.3) is 5.91 Å². The summed E-state index contributed by atoms with van der Waals surface area (Å²) in [5, 5.41) is 10.1. The molecular formula is C14H16BrF2NO2. The Morgan fingerprint density at radius 3 is 2.60 bits per heavy atom. The van der Waals surface area contributed by atoms with E-state index in [9.17, 15) is 18.7 Å². The largest absolute Gasteiger partial charge is 0.388 e. The number of likely N-dealkylation sites (tertiary alicyclic amines) is 1. The molecule has 3 nitrogen and oxygen atoms in total. The van der Waals surface area contributed by atoms with Crippen LogP contribution in [0.1, 0.15) is 37.0 Å². The summed E-state index contributed by atoms with van der Waals surface area (Å²) in [6.45, 7) is 3.78. The molecule has 1 N–H and O–H groups in total. The van der Waals surface area contributed by atoms with Gasteiger partial charge in [0.15, 0.2) is 11.6 Å². The minimum Gasteiger partial charge on any atom is -0.388 e. The summed E-state index contributed by atoms with van der Waals surface area (Å²) in [6.07, 6.45) is 1.47. The first-order chi connectivity index (χ1) is 9.21. The van der Waals surface area contributed by atoms with Crippen LogP contribution in [0.4, 0.5) is 8.78 Å². The Morgan fingerprint density at radius 1 is 1.40 bits per heavy atom. The average Bonchev–Trinajstić information content (AvgIpc) is 2.81. The monoisotopic (exact) mass is 347 g/mol. The van der Waals surface area contributed by atoms with Crippen LogP contribution in [0.15, 0.2) is 16.6 Å². The van der Waals surface area contributed by atoms with Gasteiger partial charge in [0.1, 0.15) is 0 Å². The average molecular weight is 348 g/mol. The number of carbonyl (C=O) groups is 1. The third-order valence-electron chi connectivity index (χ3n) is 3.57. The second-order valence-corrected chi connectivity index (χ2v) is 6.41. The molecule has 1 saturated heterocycles. The van der Waals surface area contributed by atoms with Gasteiger partial charge in [-0.1, -0.05) is 0 Å². The molecule has 0 radical (unpaired) electrons. The normalized spacial score (nSPS) is 19.5. The number of halogens is 3. The highest BCUT2D eigenvalue weighted by Gasteiger charge is 2.39. The van der Waals surface area contributed by atoms with Crippen molar-refractivity contribution in [3.63, 3.8) is 0 Å². The zero-order valence-corrected chi connectivity index (χ0v) is 12.9. The van der Waals surface area contributed by atoms with E-state index in [0.717, 1.165) is 18.6 Å². The van der Waals surface area contributed by atoms with Crippen molar-refractivity contribution in [1.82, 2.24) is 4.90 Å². The minimum absolute atomic E-state index is 0.0695. The Hall–Kier alpha value is -1.01. The lowest BCUT2D eigenvalue weighted by molar-refractivity contribution is 0.000281. The molecule has 1 amide bonds. The van der Waals surface area contributed by atoms with E-state index in [0.29, 0.717) is 13.0 Å². The highest BCUT2D eigenvalue weighted by atomic mass is 79.9. The molecule has 1 fully saturated rings. The van der Waals surface area contributed by atoms with E-state index in [-0.39, 0.29) is 16.1 Å². The van der Waals surface area contributed by atoms with Crippen molar-refractivity contribution in [3.8, 4) is 0 Å². The minimum atomic E-state index is -1.06. The second-order valence-electron chi connectivity index (χ2n) is 5.56. The molecule has 0 spiro atoms. The summed E-state index contributed by atoms with van der Waals surface area (Å²) in [5.41, 5.74) is -0.961. The van der Waals surface area contributed by atoms with Gasteiger partial charge in [-0.15, -0.1) is 0 Å². The fourth-order valence-electron chi connectivity index (χ4n) is 2.59. The molecule has 1 atom stereocenters. The van der Waals surface area contributed by atoms with Crippen LogP contribution in [0.3, 0.4) is 0 Å². The lowest BCUT2D eigenvalue weighted by Gasteiger charge is -2.34. The van der Waals surface area contributed by atoms with Crippen LogP contribution >= 0.6 is 15.9 Å². The maximum atomic E-state index is 13.3. The van der Waals surface area contributed by atoms with Gasteiger partial charge in [-0.3, -0.25) is 4.79 Å². The molecule has 1 aliphatic heterocycles. The summed E-state index contributed by atoms with van der Waals surface area (Å²) < 4.78 is 26.6. The molecule has 1 aromatic carbocycles. The maximum Gasteiger partial charge on any atom is 0.255 e. The summed E-state index contributed by atoms with van der Waals surface area (Å²) >= 11 is 3.08. The van der Waals surface area contributed by atoms with Gasteiger partial charge < -0.3 is 10.0 Å². The Bertz CT molecular complexity index is 543. The predicted octanol–water partition coefficient (Wildman–Crippen LogP) is 3.10. The van der Waals surface area contributed by atoms with E-state index in [4.69, 9.17) is 0 Å².